The third kappa shape index (κ3) is 3.82. The third-order valence-corrected chi connectivity index (χ3v) is 7.64. The standard InChI is InChI=1S/C23H33N5O5/c1-3-27-20(30)18-14-17(19(29)26-10-8-23(9-11-26)32-12-13-33-23)25-28(18)15-22(27,2)21(31)24-16-6-4-5-7-16/h14,16H,3-13,15H2,1-2H3,(H,24,31). The number of likely N-dealkylation sites (tertiary alicyclic amines) is 1. The molecule has 1 unspecified atom stereocenters. The SMILES string of the molecule is CCN1C(=O)c2cc(C(=O)N3CCC4(CC3)OCCO4)nn2CC1(C)C(=O)NC1CCCC1. The number of likely N-dealkylation sites (N-methyl/N-ethyl adjacent to an activating group) is 1. The van der Waals surface area contributed by atoms with E-state index in [9.17, 15) is 14.4 Å². The summed E-state index contributed by atoms with van der Waals surface area (Å²) in [7, 11) is 0. The molecule has 2 saturated heterocycles. The number of ether oxygens (including phenoxy) is 2. The molecule has 33 heavy (non-hydrogen) atoms. The zero-order chi connectivity index (χ0) is 23.2. The number of amides is 3. The first-order chi connectivity index (χ1) is 15.8. The maximum absolute atomic E-state index is 13.3. The Morgan fingerprint density at radius 1 is 1.18 bits per heavy atom. The van der Waals surface area contributed by atoms with E-state index in [1.165, 1.54) is 4.68 Å². The number of aromatic nitrogens is 2. The number of hydrogen-bond donors (Lipinski definition) is 1. The molecule has 1 N–H and O–H groups in total. The molecule has 0 bridgehead atoms. The lowest BCUT2D eigenvalue weighted by Gasteiger charge is -2.43. The molecule has 4 heterocycles. The number of fused-ring (bicyclic) bond motifs is 1. The van der Waals surface area contributed by atoms with Crippen molar-refractivity contribution >= 4 is 17.7 Å². The zero-order valence-corrected chi connectivity index (χ0v) is 19.5. The highest BCUT2D eigenvalue weighted by molar-refractivity contribution is 6.02. The van der Waals surface area contributed by atoms with Crippen molar-refractivity contribution < 1.29 is 23.9 Å². The number of nitrogens with one attached hydrogen (secondary N) is 1. The average Bonchev–Trinajstić information content (AvgIpc) is 3.56. The van der Waals surface area contributed by atoms with Gasteiger partial charge in [-0.05, 0) is 26.7 Å². The van der Waals surface area contributed by atoms with Gasteiger partial charge in [0.05, 0.1) is 19.8 Å². The second-order valence-electron chi connectivity index (χ2n) is 9.75. The molecule has 1 atom stereocenters. The van der Waals surface area contributed by atoms with Crippen LogP contribution in [-0.4, -0.2) is 87.5 Å². The van der Waals surface area contributed by atoms with Gasteiger partial charge in [0.1, 0.15) is 11.2 Å². The van der Waals surface area contributed by atoms with E-state index in [2.05, 4.69) is 10.4 Å². The van der Waals surface area contributed by atoms with Crippen LogP contribution in [-0.2, 0) is 20.8 Å². The van der Waals surface area contributed by atoms with Crippen molar-refractivity contribution in [3.05, 3.63) is 17.5 Å². The number of nitrogens with zero attached hydrogens (tertiary/aromatic N) is 4. The smallest absolute Gasteiger partial charge is 0.274 e. The summed E-state index contributed by atoms with van der Waals surface area (Å²) in [4.78, 5) is 43.1. The van der Waals surface area contributed by atoms with Crippen LogP contribution in [0.15, 0.2) is 6.07 Å². The minimum atomic E-state index is -1.05. The highest BCUT2D eigenvalue weighted by Gasteiger charge is 2.48. The second-order valence-corrected chi connectivity index (χ2v) is 9.75. The zero-order valence-electron chi connectivity index (χ0n) is 19.5. The van der Waals surface area contributed by atoms with Gasteiger partial charge in [-0.3, -0.25) is 19.1 Å². The summed E-state index contributed by atoms with van der Waals surface area (Å²) >= 11 is 0. The molecule has 1 aliphatic carbocycles. The predicted octanol–water partition coefficient (Wildman–Crippen LogP) is 1.16. The maximum Gasteiger partial charge on any atom is 0.274 e. The Labute approximate surface area is 193 Å². The molecule has 10 nitrogen and oxygen atoms in total. The summed E-state index contributed by atoms with van der Waals surface area (Å²) in [5.41, 5.74) is -0.469. The molecule has 0 aromatic carbocycles. The Morgan fingerprint density at radius 3 is 2.48 bits per heavy atom. The van der Waals surface area contributed by atoms with Crippen LogP contribution in [0, 0.1) is 0 Å². The van der Waals surface area contributed by atoms with Gasteiger partial charge in [0, 0.05) is 44.6 Å². The van der Waals surface area contributed by atoms with Crippen LogP contribution in [0.1, 0.15) is 73.3 Å². The normalized spacial score (nSPS) is 27.3. The lowest BCUT2D eigenvalue weighted by atomic mass is 9.94. The van der Waals surface area contributed by atoms with Gasteiger partial charge in [-0.25, -0.2) is 0 Å². The van der Waals surface area contributed by atoms with Gasteiger partial charge >= 0.3 is 0 Å². The average molecular weight is 460 g/mol. The molecule has 0 radical (unpaired) electrons. The van der Waals surface area contributed by atoms with Crippen molar-refractivity contribution in [2.45, 2.75) is 76.3 Å². The molecule has 3 aliphatic heterocycles. The first-order valence-electron chi connectivity index (χ1n) is 12.1. The Kier molecular flexibility index (Phi) is 5.68. The number of piperidine rings is 1. The summed E-state index contributed by atoms with van der Waals surface area (Å²) in [6.45, 7) is 6.48. The molecule has 1 spiro atoms. The summed E-state index contributed by atoms with van der Waals surface area (Å²) in [6.07, 6.45) is 5.41. The largest absolute Gasteiger partial charge is 0.351 e. The van der Waals surface area contributed by atoms with E-state index >= 15 is 0 Å². The number of carbonyl (C=O) groups excluding carboxylic acids is 3. The van der Waals surface area contributed by atoms with Crippen LogP contribution < -0.4 is 5.32 Å². The minimum absolute atomic E-state index is 0.156. The van der Waals surface area contributed by atoms with Gasteiger partial charge in [0.2, 0.25) is 5.91 Å². The quantitative estimate of drug-likeness (QED) is 0.724. The molecule has 3 fully saturated rings. The van der Waals surface area contributed by atoms with Crippen LogP contribution in [0.2, 0.25) is 0 Å². The van der Waals surface area contributed by atoms with E-state index in [0.29, 0.717) is 51.4 Å². The minimum Gasteiger partial charge on any atom is -0.351 e. The van der Waals surface area contributed by atoms with Gasteiger partial charge in [-0.2, -0.15) is 5.10 Å². The van der Waals surface area contributed by atoms with Gasteiger partial charge in [0.25, 0.3) is 11.8 Å². The molecule has 1 aromatic rings. The Balaban J connectivity index is 1.33. The lowest BCUT2D eigenvalue weighted by Crippen LogP contribution is -2.64. The Hall–Kier alpha value is -2.46. The molecule has 3 amide bonds. The van der Waals surface area contributed by atoms with Crippen molar-refractivity contribution in [1.29, 1.82) is 0 Å². The summed E-state index contributed by atoms with van der Waals surface area (Å²) in [5.74, 6) is -1.20. The molecule has 1 saturated carbocycles. The second kappa shape index (κ2) is 8.39. The van der Waals surface area contributed by atoms with Crippen molar-refractivity contribution in [1.82, 2.24) is 24.9 Å². The Morgan fingerprint density at radius 2 is 1.85 bits per heavy atom. The first-order valence-corrected chi connectivity index (χ1v) is 12.1. The van der Waals surface area contributed by atoms with Crippen molar-refractivity contribution in [3.63, 3.8) is 0 Å². The van der Waals surface area contributed by atoms with E-state index in [1.807, 2.05) is 6.92 Å². The molecule has 1 aromatic heterocycles. The third-order valence-electron chi connectivity index (χ3n) is 7.64. The fraction of sp³-hybridized carbons (Fsp3) is 0.739. The summed E-state index contributed by atoms with van der Waals surface area (Å²) in [6, 6.07) is 1.73. The van der Waals surface area contributed by atoms with Crippen molar-refractivity contribution in [2.75, 3.05) is 32.8 Å². The Bertz CT molecular complexity index is 939. The van der Waals surface area contributed by atoms with Crippen LogP contribution in [0.3, 0.4) is 0 Å². The van der Waals surface area contributed by atoms with Crippen LogP contribution >= 0.6 is 0 Å². The van der Waals surface area contributed by atoms with Crippen molar-refractivity contribution in [3.8, 4) is 0 Å². The van der Waals surface area contributed by atoms with E-state index in [-0.39, 0.29) is 36.0 Å². The molecule has 5 rings (SSSR count). The summed E-state index contributed by atoms with van der Waals surface area (Å²) < 4.78 is 13.0. The van der Waals surface area contributed by atoms with Gasteiger partial charge in [0.15, 0.2) is 11.5 Å². The van der Waals surface area contributed by atoms with Crippen LogP contribution in [0.25, 0.3) is 0 Å². The van der Waals surface area contributed by atoms with Crippen molar-refractivity contribution in [2.24, 2.45) is 0 Å². The molecule has 180 valence electrons. The predicted molar refractivity (Wildman–Crippen MR) is 118 cm³/mol. The van der Waals surface area contributed by atoms with Crippen LogP contribution in [0.4, 0.5) is 0 Å². The highest BCUT2D eigenvalue weighted by Crippen LogP contribution is 2.32. The molecule has 10 heteroatoms. The van der Waals surface area contributed by atoms with Gasteiger partial charge in [-0.1, -0.05) is 12.8 Å². The molecule has 4 aliphatic rings. The maximum atomic E-state index is 13.3. The fourth-order valence-electron chi connectivity index (χ4n) is 5.65. The van der Waals surface area contributed by atoms with E-state index < -0.39 is 11.3 Å². The lowest BCUT2D eigenvalue weighted by molar-refractivity contribution is -0.181. The number of rotatable bonds is 4. The topological polar surface area (TPSA) is 106 Å². The van der Waals surface area contributed by atoms with Crippen LogP contribution in [0.5, 0.6) is 0 Å². The van der Waals surface area contributed by atoms with E-state index in [4.69, 9.17) is 9.47 Å². The van der Waals surface area contributed by atoms with E-state index in [0.717, 1.165) is 25.7 Å². The van der Waals surface area contributed by atoms with E-state index in [1.54, 1.807) is 22.8 Å². The number of carbonyl (C=O) groups is 3. The monoisotopic (exact) mass is 459 g/mol. The summed E-state index contributed by atoms with van der Waals surface area (Å²) in [5, 5.41) is 7.62. The van der Waals surface area contributed by atoms with Gasteiger partial charge in [-0.15, -0.1) is 0 Å². The molecular formula is C23H33N5O5. The van der Waals surface area contributed by atoms with Gasteiger partial charge < -0.3 is 24.6 Å². The first kappa shape index (κ1) is 22.3. The molecular weight excluding hydrogens is 426 g/mol. The fourth-order valence-corrected chi connectivity index (χ4v) is 5.65. The highest BCUT2D eigenvalue weighted by atomic mass is 16.7. The number of hydrogen-bond acceptors (Lipinski definition) is 6.